The summed E-state index contributed by atoms with van der Waals surface area (Å²) < 4.78 is 2.35. The van der Waals surface area contributed by atoms with Gasteiger partial charge in [-0.1, -0.05) is 15.9 Å². The van der Waals surface area contributed by atoms with Crippen LogP contribution in [-0.2, 0) is 0 Å². The Labute approximate surface area is 129 Å². The lowest BCUT2D eigenvalue weighted by atomic mass is 10.1. The molecule has 1 unspecified atom stereocenters. The van der Waals surface area contributed by atoms with Gasteiger partial charge in [-0.2, -0.15) is 0 Å². The van der Waals surface area contributed by atoms with Crippen LogP contribution in [0.5, 0.6) is 0 Å². The van der Waals surface area contributed by atoms with E-state index in [9.17, 15) is 0 Å². The van der Waals surface area contributed by atoms with Crippen LogP contribution in [0.4, 0.5) is 5.69 Å². The summed E-state index contributed by atoms with van der Waals surface area (Å²) in [5, 5.41) is 5.67. The zero-order chi connectivity index (χ0) is 13.3. The summed E-state index contributed by atoms with van der Waals surface area (Å²) in [4.78, 5) is 1.33. The molecule has 1 aromatic heterocycles. The minimum absolute atomic E-state index is 0.321. The summed E-state index contributed by atoms with van der Waals surface area (Å²) in [6.45, 7) is 6.42. The van der Waals surface area contributed by atoms with E-state index in [2.05, 4.69) is 81.5 Å². The Balaban J connectivity index is 2.19. The van der Waals surface area contributed by atoms with Crippen molar-refractivity contribution in [3.8, 4) is 0 Å². The molecule has 0 aliphatic carbocycles. The molecule has 2 rings (SSSR count). The fourth-order valence-electron chi connectivity index (χ4n) is 1.91. The van der Waals surface area contributed by atoms with Crippen molar-refractivity contribution >= 4 is 48.9 Å². The summed E-state index contributed by atoms with van der Waals surface area (Å²) in [6, 6.07) is 6.84. The van der Waals surface area contributed by atoms with Crippen LogP contribution in [0.1, 0.15) is 29.0 Å². The van der Waals surface area contributed by atoms with E-state index in [1.54, 1.807) is 11.3 Å². The maximum absolute atomic E-state index is 3.60. The van der Waals surface area contributed by atoms with Crippen LogP contribution in [0, 0.1) is 13.8 Å². The molecule has 96 valence electrons. The molecule has 0 saturated heterocycles. The summed E-state index contributed by atoms with van der Waals surface area (Å²) >= 11 is 8.86. The molecule has 1 N–H and O–H groups in total. The van der Waals surface area contributed by atoms with E-state index in [-0.39, 0.29) is 0 Å². The van der Waals surface area contributed by atoms with Gasteiger partial charge in [-0.15, -0.1) is 11.3 Å². The Kier molecular flexibility index (Phi) is 4.51. The van der Waals surface area contributed by atoms with E-state index >= 15 is 0 Å². The highest BCUT2D eigenvalue weighted by Gasteiger charge is 2.09. The summed E-state index contributed by atoms with van der Waals surface area (Å²) in [5.74, 6) is 0. The molecule has 1 aromatic carbocycles. The van der Waals surface area contributed by atoms with Gasteiger partial charge in [0.05, 0.1) is 6.04 Å². The van der Waals surface area contributed by atoms with Crippen molar-refractivity contribution in [2.75, 3.05) is 5.32 Å². The summed E-state index contributed by atoms with van der Waals surface area (Å²) in [6.07, 6.45) is 0. The Morgan fingerprint density at radius 1 is 1.11 bits per heavy atom. The molecule has 0 radical (unpaired) electrons. The third-order valence-electron chi connectivity index (χ3n) is 2.83. The highest BCUT2D eigenvalue weighted by Crippen LogP contribution is 2.30. The highest BCUT2D eigenvalue weighted by molar-refractivity contribution is 9.10. The quantitative estimate of drug-likeness (QED) is 0.673. The SMILES string of the molecule is Cc1cc(NC(C)c2cc(Br)cs2)cc(C)c1Br. The average Bonchev–Trinajstić information content (AvgIpc) is 2.72. The van der Waals surface area contributed by atoms with Crippen molar-refractivity contribution in [1.29, 1.82) is 0 Å². The lowest BCUT2D eigenvalue weighted by Gasteiger charge is -2.16. The monoisotopic (exact) mass is 387 g/mol. The molecule has 0 aliphatic heterocycles. The Morgan fingerprint density at radius 2 is 1.72 bits per heavy atom. The van der Waals surface area contributed by atoms with Crippen molar-refractivity contribution < 1.29 is 0 Å². The molecular formula is C14H15Br2NS. The van der Waals surface area contributed by atoms with Crippen molar-refractivity contribution in [3.05, 3.63) is 48.5 Å². The lowest BCUT2D eigenvalue weighted by molar-refractivity contribution is 0.906. The Bertz CT molecular complexity index is 540. The number of rotatable bonds is 3. The second-order valence-corrected chi connectivity index (χ2v) is 7.11. The third-order valence-corrected chi connectivity index (χ3v) is 5.96. The first-order valence-electron chi connectivity index (χ1n) is 5.74. The lowest BCUT2D eigenvalue weighted by Crippen LogP contribution is -2.05. The van der Waals surface area contributed by atoms with Gasteiger partial charge in [0, 0.05) is 24.9 Å². The maximum Gasteiger partial charge on any atom is 0.0578 e. The van der Waals surface area contributed by atoms with Crippen LogP contribution in [0.3, 0.4) is 0 Å². The van der Waals surface area contributed by atoms with Crippen LogP contribution >= 0.6 is 43.2 Å². The van der Waals surface area contributed by atoms with E-state index in [1.165, 1.54) is 26.2 Å². The van der Waals surface area contributed by atoms with Crippen LogP contribution in [0.2, 0.25) is 0 Å². The summed E-state index contributed by atoms with van der Waals surface area (Å²) in [5.41, 5.74) is 3.69. The van der Waals surface area contributed by atoms with E-state index in [1.807, 2.05) is 0 Å². The van der Waals surface area contributed by atoms with E-state index in [0.717, 1.165) is 4.47 Å². The molecule has 1 nitrogen and oxygen atoms in total. The number of nitrogens with one attached hydrogen (secondary N) is 1. The number of hydrogen-bond acceptors (Lipinski definition) is 2. The molecule has 18 heavy (non-hydrogen) atoms. The van der Waals surface area contributed by atoms with Crippen molar-refractivity contribution in [3.63, 3.8) is 0 Å². The minimum atomic E-state index is 0.321. The Hall–Kier alpha value is -0.320. The van der Waals surface area contributed by atoms with Crippen LogP contribution in [0.15, 0.2) is 32.5 Å². The molecular weight excluding hydrogens is 374 g/mol. The first kappa shape index (κ1) is 14.1. The van der Waals surface area contributed by atoms with Crippen LogP contribution in [-0.4, -0.2) is 0 Å². The second-order valence-electron chi connectivity index (χ2n) is 4.46. The standard InChI is InChI=1S/C14H15Br2NS/c1-8-4-12(5-9(2)14(8)16)17-10(3)13-6-11(15)7-18-13/h4-7,10,17H,1-3H3. The van der Waals surface area contributed by atoms with Crippen molar-refractivity contribution in [1.82, 2.24) is 0 Å². The maximum atomic E-state index is 3.60. The molecule has 1 heterocycles. The van der Waals surface area contributed by atoms with E-state index < -0.39 is 0 Å². The van der Waals surface area contributed by atoms with Gasteiger partial charge < -0.3 is 5.32 Å². The fourth-order valence-corrected chi connectivity index (χ4v) is 3.59. The number of hydrogen-bond donors (Lipinski definition) is 1. The van der Waals surface area contributed by atoms with Crippen LogP contribution < -0.4 is 5.32 Å². The molecule has 1 atom stereocenters. The molecule has 0 bridgehead atoms. The first-order chi connectivity index (χ1) is 8.47. The van der Waals surface area contributed by atoms with Crippen molar-refractivity contribution in [2.24, 2.45) is 0 Å². The first-order valence-corrected chi connectivity index (χ1v) is 8.21. The smallest absolute Gasteiger partial charge is 0.0578 e. The minimum Gasteiger partial charge on any atom is -0.378 e. The zero-order valence-electron chi connectivity index (χ0n) is 10.6. The largest absolute Gasteiger partial charge is 0.378 e. The van der Waals surface area contributed by atoms with Gasteiger partial charge in [-0.25, -0.2) is 0 Å². The topological polar surface area (TPSA) is 12.0 Å². The van der Waals surface area contributed by atoms with Gasteiger partial charge >= 0.3 is 0 Å². The van der Waals surface area contributed by atoms with Gasteiger partial charge in [0.1, 0.15) is 0 Å². The predicted molar refractivity (Wildman–Crippen MR) is 87.7 cm³/mol. The number of aryl methyl sites for hydroxylation is 2. The molecule has 2 aromatic rings. The fraction of sp³-hybridized carbons (Fsp3) is 0.286. The predicted octanol–water partition coefficient (Wildman–Crippen LogP) is 6.06. The van der Waals surface area contributed by atoms with E-state index in [4.69, 9.17) is 0 Å². The van der Waals surface area contributed by atoms with E-state index in [0.29, 0.717) is 6.04 Å². The molecule has 0 saturated carbocycles. The molecule has 0 aliphatic rings. The zero-order valence-corrected chi connectivity index (χ0v) is 14.5. The van der Waals surface area contributed by atoms with Gasteiger partial charge in [0.25, 0.3) is 0 Å². The molecule has 0 spiro atoms. The van der Waals surface area contributed by atoms with Gasteiger partial charge in [-0.3, -0.25) is 0 Å². The van der Waals surface area contributed by atoms with Gasteiger partial charge in [0.15, 0.2) is 0 Å². The van der Waals surface area contributed by atoms with Gasteiger partial charge in [-0.05, 0) is 66.0 Å². The number of anilines is 1. The summed E-state index contributed by atoms with van der Waals surface area (Å²) in [7, 11) is 0. The van der Waals surface area contributed by atoms with Gasteiger partial charge in [0.2, 0.25) is 0 Å². The highest BCUT2D eigenvalue weighted by atomic mass is 79.9. The molecule has 4 heteroatoms. The van der Waals surface area contributed by atoms with Crippen LogP contribution in [0.25, 0.3) is 0 Å². The second kappa shape index (κ2) is 5.76. The normalized spacial score (nSPS) is 12.5. The third kappa shape index (κ3) is 3.16. The number of thiophene rings is 1. The Morgan fingerprint density at radius 3 is 2.22 bits per heavy atom. The molecule has 0 fully saturated rings. The molecule has 0 amide bonds. The van der Waals surface area contributed by atoms with Crippen molar-refractivity contribution in [2.45, 2.75) is 26.8 Å². The average molecular weight is 389 g/mol. The number of benzene rings is 1. The number of halogens is 2.